The molecule has 1 amide bonds. The summed E-state index contributed by atoms with van der Waals surface area (Å²) in [5.74, 6) is -0.804. The first kappa shape index (κ1) is 20.3. The number of carbonyl (C=O) groups excluding carboxylic acids is 2. The molecule has 0 radical (unpaired) electrons. The molecule has 0 aliphatic carbocycles. The number of ketones is 1. The van der Waals surface area contributed by atoms with Gasteiger partial charge >= 0.3 is 0 Å². The topological polar surface area (TPSA) is 79.7 Å². The Bertz CT molecular complexity index is 1110. The summed E-state index contributed by atoms with van der Waals surface area (Å²) in [4.78, 5) is 31.5. The van der Waals surface area contributed by atoms with Gasteiger partial charge < -0.3 is 14.7 Å². The molecule has 4 rings (SSSR count). The fraction of sp³-hybridized carbons (Fsp3) is 0.160. The van der Waals surface area contributed by atoms with Crippen molar-refractivity contribution in [3.05, 3.63) is 101 Å². The number of rotatable bonds is 6. The molecule has 6 heteroatoms. The second-order valence-corrected chi connectivity index (χ2v) is 7.15. The van der Waals surface area contributed by atoms with Crippen LogP contribution in [0, 0.1) is 0 Å². The summed E-state index contributed by atoms with van der Waals surface area (Å²) in [6.45, 7) is 2.71. The second kappa shape index (κ2) is 8.83. The summed E-state index contributed by atoms with van der Waals surface area (Å²) >= 11 is 0. The fourth-order valence-corrected chi connectivity index (χ4v) is 3.74. The van der Waals surface area contributed by atoms with Crippen molar-refractivity contribution >= 4 is 17.4 Å². The molecule has 1 aromatic heterocycles. The molecule has 3 aromatic rings. The van der Waals surface area contributed by atoms with Crippen molar-refractivity contribution in [3.63, 3.8) is 0 Å². The van der Waals surface area contributed by atoms with Crippen LogP contribution in [0.1, 0.15) is 29.7 Å². The highest BCUT2D eigenvalue weighted by Gasteiger charge is 2.45. The Labute approximate surface area is 180 Å². The van der Waals surface area contributed by atoms with Gasteiger partial charge in [-0.2, -0.15) is 0 Å². The minimum absolute atomic E-state index is 0.0772. The number of aliphatic hydroxyl groups excluding tert-OH is 1. The van der Waals surface area contributed by atoms with E-state index in [-0.39, 0.29) is 17.9 Å². The Morgan fingerprint density at radius 2 is 1.68 bits per heavy atom. The number of amides is 1. The monoisotopic (exact) mass is 414 g/mol. The van der Waals surface area contributed by atoms with E-state index in [1.165, 1.54) is 17.3 Å². The van der Waals surface area contributed by atoms with Gasteiger partial charge in [0.25, 0.3) is 11.7 Å². The van der Waals surface area contributed by atoms with Gasteiger partial charge in [-0.25, -0.2) is 0 Å². The predicted molar refractivity (Wildman–Crippen MR) is 116 cm³/mol. The van der Waals surface area contributed by atoms with E-state index in [0.29, 0.717) is 12.2 Å². The van der Waals surface area contributed by atoms with Gasteiger partial charge in [0.2, 0.25) is 0 Å². The average Bonchev–Trinajstić information content (AvgIpc) is 3.06. The van der Waals surface area contributed by atoms with Crippen molar-refractivity contribution in [2.75, 3.05) is 6.61 Å². The molecule has 1 aliphatic rings. The highest BCUT2D eigenvalue weighted by molar-refractivity contribution is 6.46. The van der Waals surface area contributed by atoms with E-state index in [1.54, 1.807) is 12.1 Å². The molecule has 156 valence electrons. The summed E-state index contributed by atoms with van der Waals surface area (Å²) in [7, 11) is 0. The molecule has 1 N–H and O–H groups in total. The number of aromatic nitrogens is 1. The average molecular weight is 414 g/mol. The van der Waals surface area contributed by atoms with Crippen molar-refractivity contribution < 1.29 is 19.4 Å². The van der Waals surface area contributed by atoms with E-state index in [9.17, 15) is 14.7 Å². The molecule has 6 nitrogen and oxygen atoms in total. The van der Waals surface area contributed by atoms with Gasteiger partial charge in [-0.15, -0.1) is 0 Å². The molecule has 31 heavy (non-hydrogen) atoms. The number of pyridine rings is 1. The molecule has 0 spiro atoms. The van der Waals surface area contributed by atoms with Gasteiger partial charge in [0.1, 0.15) is 11.5 Å². The van der Waals surface area contributed by atoms with Gasteiger partial charge in [-0.1, -0.05) is 42.5 Å². The maximum atomic E-state index is 13.0. The molecule has 1 atom stereocenters. The number of benzene rings is 2. The van der Waals surface area contributed by atoms with E-state index in [1.807, 2.05) is 61.5 Å². The first-order chi connectivity index (χ1) is 15.1. The quantitative estimate of drug-likeness (QED) is 0.373. The lowest BCUT2D eigenvalue weighted by molar-refractivity contribution is -0.140. The minimum Gasteiger partial charge on any atom is -0.507 e. The Morgan fingerprint density at radius 3 is 2.32 bits per heavy atom. The Kier molecular flexibility index (Phi) is 5.80. The minimum atomic E-state index is -0.700. The van der Waals surface area contributed by atoms with E-state index in [0.717, 1.165) is 16.9 Å². The summed E-state index contributed by atoms with van der Waals surface area (Å²) in [5, 5.41) is 11.0. The normalized spacial score (nSPS) is 17.7. The Balaban J connectivity index is 1.77. The van der Waals surface area contributed by atoms with Gasteiger partial charge in [0.15, 0.2) is 0 Å². The molecular weight excluding hydrogens is 392 g/mol. The van der Waals surface area contributed by atoms with Crippen molar-refractivity contribution in [1.82, 2.24) is 9.88 Å². The van der Waals surface area contributed by atoms with E-state index >= 15 is 0 Å². The zero-order valence-corrected chi connectivity index (χ0v) is 17.1. The number of carbonyl (C=O) groups is 2. The third kappa shape index (κ3) is 4.05. The first-order valence-corrected chi connectivity index (χ1v) is 10.1. The fourth-order valence-electron chi connectivity index (χ4n) is 3.74. The number of hydrogen-bond donors (Lipinski definition) is 1. The van der Waals surface area contributed by atoms with Crippen LogP contribution in [0.2, 0.25) is 0 Å². The van der Waals surface area contributed by atoms with Gasteiger partial charge in [0, 0.05) is 24.5 Å². The van der Waals surface area contributed by atoms with Crippen molar-refractivity contribution in [2.45, 2.75) is 19.5 Å². The van der Waals surface area contributed by atoms with E-state index in [2.05, 4.69) is 4.98 Å². The zero-order chi connectivity index (χ0) is 21.8. The molecule has 1 aliphatic heterocycles. The van der Waals surface area contributed by atoms with Crippen LogP contribution in [0.25, 0.3) is 5.76 Å². The molecule has 1 fully saturated rings. The predicted octanol–water partition coefficient (Wildman–Crippen LogP) is 4.10. The number of aliphatic hydroxyl groups is 1. The lowest BCUT2D eigenvalue weighted by atomic mass is 9.95. The molecule has 1 saturated heterocycles. The summed E-state index contributed by atoms with van der Waals surface area (Å²) in [6, 6.07) is 19.2. The smallest absolute Gasteiger partial charge is 0.295 e. The number of nitrogens with zero attached hydrogens (tertiary/aromatic N) is 2. The van der Waals surface area contributed by atoms with Gasteiger partial charge in [-0.3, -0.25) is 14.6 Å². The number of ether oxygens (including phenoxy) is 1. The van der Waals surface area contributed by atoms with Crippen LogP contribution in [-0.4, -0.2) is 33.3 Å². The van der Waals surface area contributed by atoms with Gasteiger partial charge in [-0.05, 0) is 42.3 Å². The standard InChI is InChI=1S/C25H22N2O4/c1-2-31-20-10-8-17(9-11-20)16-27-22(18-6-4-3-5-7-18)21(24(29)25(27)30)23(28)19-12-14-26-15-13-19/h3-15,22,28H,2,16H2,1H3/b23-21-. The molecule has 2 heterocycles. The summed E-state index contributed by atoms with van der Waals surface area (Å²) in [5.41, 5.74) is 2.13. The Hall–Kier alpha value is -3.93. The lowest BCUT2D eigenvalue weighted by Crippen LogP contribution is -2.29. The van der Waals surface area contributed by atoms with Crippen LogP contribution >= 0.6 is 0 Å². The lowest BCUT2D eigenvalue weighted by Gasteiger charge is -2.25. The van der Waals surface area contributed by atoms with Crippen LogP contribution in [0.3, 0.4) is 0 Å². The second-order valence-electron chi connectivity index (χ2n) is 7.15. The maximum absolute atomic E-state index is 13.0. The summed E-state index contributed by atoms with van der Waals surface area (Å²) in [6.07, 6.45) is 3.06. The zero-order valence-electron chi connectivity index (χ0n) is 17.1. The van der Waals surface area contributed by atoms with Crippen molar-refractivity contribution in [2.24, 2.45) is 0 Å². The first-order valence-electron chi connectivity index (χ1n) is 10.1. The maximum Gasteiger partial charge on any atom is 0.295 e. The van der Waals surface area contributed by atoms with Crippen LogP contribution in [-0.2, 0) is 16.1 Å². The van der Waals surface area contributed by atoms with Crippen molar-refractivity contribution in [3.8, 4) is 5.75 Å². The van der Waals surface area contributed by atoms with Crippen LogP contribution < -0.4 is 4.74 Å². The van der Waals surface area contributed by atoms with E-state index < -0.39 is 17.7 Å². The van der Waals surface area contributed by atoms with Crippen molar-refractivity contribution in [1.29, 1.82) is 0 Å². The van der Waals surface area contributed by atoms with E-state index in [4.69, 9.17) is 4.74 Å². The molecule has 2 aromatic carbocycles. The molecule has 0 bridgehead atoms. The summed E-state index contributed by atoms with van der Waals surface area (Å²) < 4.78 is 5.48. The number of Topliss-reactive ketones (excluding diaryl/α,β-unsaturated/α-hetero) is 1. The number of likely N-dealkylation sites (tertiary alicyclic amines) is 1. The van der Waals surface area contributed by atoms with Crippen LogP contribution in [0.5, 0.6) is 5.75 Å². The molecule has 0 saturated carbocycles. The highest BCUT2D eigenvalue weighted by Crippen LogP contribution is 2.40. The van der Waals surface area contributed by atoms with Crippen LogP contribution in [0.15, 0.2) is 84.7 Å². The SMILES string of the molecule is CCOc1ccc(CN2C(=O)C(=O)/C(=C(\O)c3ccncc3)C2c2ccccc2)cc1. The molecule has 1 unspecified atom stereocenters. The van der Waals surface area contributed by atoms with Gasteiger partial charge in [0.05, 0.1) is 18.2 Å². The molecular formula is C25H22N2O4. The number of hydrogen-bond acceptors (Lipinski definition) is 5. The third-order valence-corrected chi connectivity index (χ3v) is 5.20. The highest BCUT2D eigenvalue weighted by atomic mass is 16.5. The third-order valence-electron chi connectivity index (χ3n) is 5.20. The Morgan fingerprint density at radius 1 is 1.00 bits per heavy atom. The largest absolute Gasteiger partial charge is 0.507 e. The van der Waals surface area contributed by atoms with Crippen LogP contribution in [0.4, 0.5) is 0 Å².